The molecule has 0 aliphatic heterocycles. The van der Waals surface area contributed by atoms with Crippen molar-refractivity contribution in [2.45, 2.75) is 0 Å². The molecule has 28 heavy (non-hydrogen) atoms. The van der Waals surface area contributed by atoms with Gasteiger partial charge in [-0.2, -0.15) is 0 Å². The number of hydrogen-bond donors (Lipinski definition) is 0. The SMILES string of the molecule is O=C1C(=Cc2nc3oc(-c4ccccc4)cc3s2)C(=O)c2cc(Cl)c(Cl)cc21. The van der Waals surface area contributed by atoms with Gasteiger partial charge in [0.05, 0.1) is 20.3 Å². The summed E-state index contributed by atoms with van der Waals surface area (Å²) >= 11 is 13.3. The Balaban J connectivity index is 1.53. The van der Waals surface area contributed by atoms with Crippen molar-refractivity contribution < 1.29 is 14.0 Å². The summed E-state index contributed by atoms with van der Waals surface area (Å²) < 4.78 is 6.65. The highest BCUT2D eigenvalue weighted by Crippen LogP contribution is 2.36. The first kappa shape index (κ1) is 17.4. The number of aromatic nitrogens is 1. The average molecular weight is 426 g/mol. The lowest BCUT2D eigenvalue weighted by Crippen LogP contribution is -2.00. The molecule has 4 aromatic rings. The highest BCUT2D eigenvalue weighted by molar-refractivity contribution is 7.19. The minimum atomic E-state index is -0.379. The Labute approximate surface area is 173 Å². The molecule has 0 unspecified atom stereocenters. The van der Waals surface area contributed by atoms with Crippen LogP contribution >= 0.6 is 34.5 Å². The van der Waals surface area contributed by atoms with Gasteiger partial charge in [-0.05, 0) is 18.2 Å². The Hall–Kier alpha value is -2.73. The third-order valence-electron chi connectivity index (χ3n) is 4.47. The van der Waals surface area contributed by atoms with Crippen LogP contribution in [0.3, 0.4) is 0 Å². The first-order valence-electron chi connectivity index (χ1n) is 8.27. The fraction of sp³-hybridized carbons (Fsp3) is 0. The molecule has 0 spiro atoms. The van der Waals surface area contributed by atoms with Gasteiger partial charge < -0.3 is 4.42 Å². The molecular formula is C21H9Cl2NO3S. The number of allylic oxidation sites excluding steroid dienone is 1. The van der Waals surface area contributed by atoms with Crippen molar-refractivity contribution in [3.05, 3.63) is 80.3 Å². The summed E-state index contributed by atoms with van der Waals surface area (Å²) in [4.78, 5) is 29.7. The quantitative estimate of drug-likeness (QED) is 0.278. The van der Waals surface area contributed by atoms with E-state index >= 15 is 0 Å². The van der Waals surface area contributed by atoms with E-state index in [2.05, 4.69) is 4.98 Å². The van der Waals surface area contributed by atoms with Crippen molar-refractivity contribution in [3.8, 4) is 11.3 Å². The Morgan fingerprint density at radius 2 is 1.57 bits per heavy atom. The van der Waals surface area contributed by atoms with Crippen LogP contribution in [0, 0.1) is 0 Å². The molecule has 1 aliphatic rings. The first-order valence-corrected chi connectivity index (χ1v) is 9.84. The number of halogens is 2. The number of fused-ring (bicyclic) bond motifs is 2. The van der Waals surface area contributed by atoms with Gasteiger partial charge in [0, 0.05) is 22.8 Å². The Kier molecular flexibility index (Phi) is 3.98. The highest BCUT2D eigenvalue weighted by atomic mass is 35.5. The summed E-state index contributed by atoms with van der Waals surface area (Å²) in [6.07, 6.45) is 1.49. The molecule has 5 rings (SSSR count). The summed E-state index contributed by atoms with van der Waals surface area (Å²) in [7, 11) is 0. The van der Waals surface area contributed by atoms with E-state index in [1.807, 2.05) is 36.4 Å². The molecule has 0 saturated heterocycles. The van der Waals surface area contributed by atoms with Crippen LogP contribution in [-0.2, 0) is 0 Å². The minimum Gasteiger partial charge on any atom is -0.437 e. The zero-order valence-corrected chi connectivity index (χ0v) is 16.4. The van der Waals surface area contributed by atoms with E-state index in [1.54, 1.807) is 0 Å². The smallest absolute Gasteiger partial charge is 0.238 e. The lowest BCUT2D eigenvalue weighted by Gasteiger charge is -1.98. The zero-order valence-electron chi connectivity index (χ0n) is 14.0. The van der Waals surface area contributed by atoms with E-state index in [4.69, 9.17) is 27.6 Å². The summed E-state index contributed by atoms with van der Waals surface area (Å²) in [6.45, 7) is 0. The third kappa shape index (κ3) is 2.71. The largest absolute Gasteiger partial charge is 0.437 e. The molecule has 2 heterocycles. The van der Waals surface area contributed by atoms with Crippen LogP contribution < -0.4 is 0 Å². The number of carbonyl (C=O) groups excluding carboxylic acids is 2. The van der Waals surface area contributed by atoms with Crippen LogP contribution in [0.4, 0.5) is 0 Å². The van der Waals surface area contributed by atoms with Crippen LogP contribution in [-0.4, -0.2) is 16.6 Å². The predicted octanol–water partition coefficient (Wildman–Crippen LogP) is 6.33. The topological polar surface area (TPSA) is 60.2 Å². The number of rotatable bonds is 2. The fourth-order valence-electron chi connectivity index (χ4n) is 3.13. The second kappa shape index (κ2) is 6.41. The normalized spacial score (nSPS) is 13.4. The summed E-state index contributed by atoms with van der Waals surface area (Å²) in [5, 5.41) is 1.00. The number of furan rings is 1. The number of nitrogens with zero attached hydrogens (tertiary/aromatic N) is 1. The molecule has 1 aliphatic carbocycles. The van der Waals surface area contributed by atoms with Crippen molar-refractivity contribution in [2.75, 3.05) is 0 Å². The molecule has 4 nitrogen and oxygen atoms in total. The van der Waals surface area contributed by atoms with Crippen LogP contribution in [0.5, 0.6) is 0 Å². The van der Waals surface area contributed by atoms with Gasteiger partial charge in [-0.25, -0.2) is 4.98 Å². The van der Waals surface area contributed by atoms with Gasteiger partial charge in [0.15, 0.2) is 11.6 Å². The highest BCUT2D eigenvalue weighted by Gasteiger charge is 2.34. The molecule has 0 bridgehead atoms. The Bertz CT molecular complexity index is 1240. The second-order valence-electron chi connectivity index (χ2n) is 6.23. The maximum Gasteiger partial charge on any atom is 0.238 e. The van der Waals surface area contributed by atoms with Crippen molar-refractivity contribution in [2.24, 2.45) is 0 Å². The molecule has 0 fully saturated rings. The molecule has 0 amide bonds. The van der Waals surface area contributed by atoms with Gasteiger partial charge in [-0.1, -0.05) is 53.5 Å². The maximum absolute atomic E-state index is 12.6. The number of benzene rings is 2. The predicted molar refractivity (Wildman–Crippen MR) is 110 cm³/mol. The van der Waals surface area contributed by atoms with Crippen LogP contribution in [0.1, 0.15) is 25.7 Å². The van der Waals surface area contributed by atoms with Gasteiger partial charge in [0.25, 0.3) is 0 Å². The standard InChI is InChI=1S/C21H9Cl2NO3S/c22-14-6-11-12(7-15(14)23)20(26)13(19(11)25)8-18-24-21-17(28-18)9-16(27-21)10-4-2-1-3-5-10/h1-9H. The van der Waals surface area contributed by atoms with E-state index in [0.717, 1.165) is 16.0 Å². The molecule has 2 aromatic heterocycles. The second-order valence-corrected chi connectivity index (χ2v) is 8.10. The monoisotopic (exact) mass is 425 g/mol. The van der Waals surface area contributed by atoms with Gasteiger partial charge in [-0.15, -0.1) is 11.3 Å². The summed E-state index contributed by atoms with van der Waals surface area (Å²) in [6, 6.07) is 14.5. The number of hydrogen-bond acceptors (Lipinski definition) is 5. The van der Waals surface area contributed by atoms with E-state index < -0.39 is 0 Å². The number of Topliss-reactive ketones (excluding diaryl/α,β-unsaturated/α-hetero) is 2. The molecule has 0 saturated carbocycles. The summed E-state index contributed by atoms with van der Waals surface area (Å²) in [5.74, 6) is -0.0380. The lowest BCUT2D eigenvalue weighted by atomic mass is 10.1. The molecule has 0 atom stereocenters. The van der Waals surface area contributed by atoms with Gasteiger partial charge in [-0.3, -0.25) is 9.59 Å². The van der Waals surface area contributed by atoms with Gasteiger partial charge >= 0.3 is 0 Å². The number of ketones is 2. The number of thiazole rings is 1. The molecule has 2 aromatic carbocycles. The fourth-order valence-corrected chi connectivity index (χ4v) is 4.33. The third-order valence-corrected chi connectivity index (χ3v) is 6.12. The first-order chi connectivity index (χ1) is 13.5. The van der Waals surface area contributed by atoms with Crippen LogP contribution in [0.15, 0.2) is 58.5 Å². The Morgan fingerprint density at radius 3 is 2.18 bits per heavy atom. The van der Waals surface area contributed by atoms with Crippen molar-refractivity contribution in [3.63, 3.8) is 0 Å². The van der Waals surface area contributed by atoms with Crippen molar-refractivity contribution in [1.82, 2.24) is 4.98 Å². The molecule has 136 valence electrons. The van der Waals surface area contributed by atoms with E-state index in [0.29, 0.717) is 10.7 Å². The average Bonchev–Trinajstić information content (AvgIpc) is 3.31. The van der Waals surface area contributed by atoms with E-state index in [9.17, 15) is 9.59 Å². The van der Waals surface area contributed by atoms with E-state index in [-0.39, 0.29) is 38.3 Å². The zero-order chi connectivity index (χ0) is 19.4. The lowest BCUT2D eigenvalue weighted by molar-refractivity contribution is 0.0990. The summed E-state index contributed by atoms with van der Waals surface area (Å²) in [5.41, 5.74) is 2.00. The van der Waals surface area contributed by atoms with Crippen molar-refractivity contribution in [1.29, 1.82) is 0 Å². The molecule has 0 radical (unpaired) electrons. The van der Waals surface area contributed by atoms with Gasteiger partial charge in [0.2, 0.25) is 5.71 Å². The van der Waals surface area contributed by atoms with Crippen LogP contribution in [0.2, 0.25) is 10.0 Å². The Morgan fingerprint density at radius 1 is 0.929 bits per heavy atom. The van der Waals surface area contributed by atoms with E-state index in [1.165, 1.54) is 29.5 Å². The maximum atomic E-state index is 12.6. The molecule has 0 N–H and O–H groups in total. The van der Waals surface area contributed by atoms with Gasteiger partial charge in [0.1, 0.15) is 10.8 Å². The molecule has 7 heteroatoms. The van der Waals surface area contributed by atoms with Crippen molar-refractivity contribution >= 4 is 62.6 Å². The number of carbonyl (C=O) groups is 2. The van der Waals surface area contributed by atoms with Crippen LogP contribution in [0.25, 0.3) is 27.8 Å². The molecular weight excluding hydrogens is 417 g/mol. The minimum absolute atomic E-state index is 0.0491.